The third kappa shape index (κ3) is 37.7. The number of aliphatic hydroxyl groups is 1. The van der Waals surface area contributed by atoms with E-state index in [0.29, 0.717) is 29.7 Å². The molecule has 38 nitrogen and oxygen atoms in total. The van der Waals surface area contributed by atoms with Gasteiger partial charge in [-0.1, -0.05) is 250 Å². The summed E-state index contributed by atoms with van der Waals surface area (Å²) in [6.45, 7) is -3.41. The predicted molar refractivity (Wildman–Crippen MR) is 513 cm³/mol. The minimum Gasteiger partial charge on any atom is -0.462 e. The summed E-state index contributed by atoms with van der Waals surface area (Å²) in [5.74, 6) is -5.61. The van der Waals surface area contributed by atoms with E-state index in [1.165, 1.54) is 160 Å². The van der Waals surface area contributed by atoms with Gasteiger partial charge >= 0.3 is 39.4 Å². The van der Waals surface area contributed by atoms with Crippen molar-refractivity contribution in [3.05, 3.63) is 107 Å². The Bertz CT molecular complexity index is 5050. The number of fused-ring (bicyclic) bond motifs is 5. The zero-order valence-corrected chi connectivity index (χ0v) is 83.6. The van der Waals surface area contributed by atoms with Crippen LogP contribution < -0.4 is 32.1 Å². The first-order chi connectivity index (χ1) is 65.7. The number of aromatic nitrogens is 7. The minimum absolute atomic E-state index is 0.0536. The quantitative estimate of drug-likeness (QED) is 0.00557. The second kappa shape index (κ2) is 58.3. The van der Waals surface area contributed by atoms with E-state index in [2.05, 4.69) is 77.6 Å². The first kappa shape index (κ1) is 112. The van der Waals surface area contributed by atoms with Crippen LogP contribution in [-0.2, 0) is 114 Å². The van der Waals surface area contributed by atoms with Crippen molar-refractivity contribution >= 4 is 127 Å². The van der Waals surface area contributed by atoms with Crippen LogP contribution in [0, 0.1) is 11.7 Å². The first-order valence-corrected chi connectivity index (χ1v) is 54.9. The third-order valence-electron chi connectivity index (χ3n) is 23.8. The number of hydrogen-bond donors (Lipinski definition) is 10. The van der Waals surface area contributed by atoms with Crippen molar-refractivity contribution < 1.29 is 122 Å². The lowest BCUT2D eigenvalue weighted by molar-refractivity contribution is -0.161. The van der Waals surface area contributed by atoms with Gasteiger partial charge in [0.15, 0.2) is 53.2 Å². The van der Waals surface area contributed by atoms with Crippen LogP contribution in [-0.4, -0.2) is 203 Å². The van der Waals surface area contributed by atoms with Crippen molar-refractivity contribution in [3.63, 3.8) is 0 Å². The van der Waals surface area contributed by atoms with Crippen molar-refractivity contribution in [3.8, 4) is 0 Å². The number of nitrogens with zero attached hydrogens (tertiary/aromatic N) is 7. The number of alkyl halides is 1. The molecule has 9 rings (SSSR count). The van der Waals surface area contributed by atoms with Gasteiger partial charge in [-0.3, -0.25) is 65.5 Å². The number of anilines is 2. The molecular weight excluding hydrogens is 1880 g/mol. The summed E-state index contributed by atoms with van der Waals surface area (Å²) < 4.78 is 123. The number of phosphoric acid groups is 1. The Balaban J connectivity index is 0.656. The summed E-state index contributed by atoms with van der Waals surface area (Å²) in [6, 6.07) is 10.5. The van der Waals surface area contributed by atoms with Crippen LogP contribution in [0.15, 0.2) is 78.5 Å². The maximum absolute atomic E-state index is 17.0. The number of hydrogen-bond acceptors (Lipinski definition) is 28. The van der Waals surface area contributed by atoms with Crippen LogP contribution in [0.2, 0.25) is 0 Å². The molecule has 3 aliphatic rings. The second-order valence-electron chi connectivity index (χ2n) is 35.3. The lowest BCUT2D eigenvalue weighted by Gasteiger charge is -2.27. The van der Waals surface area contributed by atoms with Gasteiger partial charge < -0.3 is 84.1 Å². The van der Waals surface area contributed by atoms with E-state index in [0.717, 1.165) is 79.3 Å². The summed E-state index contributed by atoms with van der Waals surface area (Å²) in [7, 11) is -3.33. The normalized spacial score (nSPS) is 21.1. The fourth-order valence-electron chi connectivity index (χ4n) is 16.1. The molecule has 3 saturated heterocycles. The molecular formula is C92H138F2N13O25P3S2. The van der Waals surface area contributed by atoms with E-state index in [-0.39, 0.29) is 86.6 Å². The first-order valence-electron chi connectivity index (χ1n) is 48.1. The molecule has 4 aromatic heterocycles. The van der Waals surface area contributed by atoms with Crippen LogP contribution in [0.5, 0.6) is 0 Å². The van der Waals surface area contributed by atoms with Gasteiger partial charge in [0, 0.05) is 63.3 Å². The van der Waals surface area contributed by atoms with E-state index >= 15 is 8.78 Å². The zero-order valence-electron chi connectivity index (χ0n) is 79.2. The zero-order chi connectivity index (χ0) is 98.9. The monoisotopic (exact) mass is 2020 g/mol. The standard InChI is InChI=1S/C92H138F2N13O25P3S2/c1-7-9-11-13-15-17-19-21-23-25-27-29-31-33-35-44-74(110)122-55-67(128-75(111)45-36-34-32-30-28-26-24-22-20-18-16-14-12-10-8-2)56-125-133(118,119)124-51-50-95-72(108)42-39-43-73(109)103-78(62(3)4)89(116)101-63(5)86(113)102-66-48-46-64(47-49-66)54-123-92(117)105(6)52-65-40-37-38-41-68(65)87(114)104-83-79-85(98-59-96-83)107(61-100-79)90-77(94)81-71(130-90)58-127-135(121,137)132-82-80(112)70(57-126-134(120,136)131-81)129-91(82)106-53-69(93)76-84(106)97-60-99-88(76)115/h37-38,40-41,46-49,53,59-63,67,70-71,77-78,80-82,90-91,112H,7-36,39,42-45,50-52,54-58H2,1-6H3,(H,95,108)(H,101,116)(H,102,113)(H,103,109)(H,118,119)(H,120,136)(H,121,137)(H,97,99,115)(H,96,98,104,114)/t63-,67-,70+,71+,77+,78-,80+,81+,82+,90+,91+,134?,135?/m0/s1. The Morgan fingerprint density at radius 2 is 1.25 bits per heavy atom. The molecule has 6 aromatic rings. The number of amides is 6. The number of phosphoric ester groups is 1. The molecule has 0 aliphatic carbocycles. The van der Waals surface area contributed by atoms with Crippen molar-refractivity contribution in [1.29, 1.82) is 0 Å². The minimum atomic E-state index is -4.78. The fourth-order valence-corrected chi connectivity index (χ4v) is 19.8. The van der Waals surface area contributed by atoms with E-state index in [9.17, 15) is 67.2 Å². The Morgan fingerprint density at radius 3 is 1.87 bits per heavy atom. The summed E-state index contributed by atoms with van der Waals surface area (Å²) in [6.07, 6.45) is 23.7. The number of halogens is 2. The number of nitrogens with one attached hydrogen (secondary N) is 6. The van der Waals surface area contributed by atoms with Crippen LogP contribution in [0.3, 0.4) is 0 Å². The highest BCUT2D eigenvalue weighted by atomic mass is 32.7. The van der Waals surface area contributed by atoms with E-state index in [1.54, 1.807) is 56.3 Å². The number of H-pyrrole nitrogens is 1. The molecule has 762 valence electrons. The summed E-state index contributed by atoms with van der Waals surface area (Å²) >= 11 is 9.40. The Kier molecular flexibility index (Phi) is 47.9. The SMILES string of the molecule is CCCCCCCCCCCCCCCCCC(=O)OC[C@@H](COP(=O)(O)OCCNC(=O)CCCC(=O)N[C@H](C(=O)N[C@@H](C)C(=O)Nc1ccc(COC(=O)N(C)Cc2ccccc2C(=O)Nc2ncnc3c2ncn3[C@@H]2O[C@@H]3COP(O)(=S)O[C@@H]4[C@H](O)[C@@H](COP(=O)(S)O[C@H]3[C@H]2F)O[C@H]4n2cc(F)c3c(=O)[nH]cnc32)cc1)C(C)C)OC(=O)CCCCCCCCCCCCCCCCC. The molecule has 3 aliphatic heterocycles. The lowest BCUT2D eigenvalue weighted by Crippen LogP contribution is -2.53. The Labute approximate surface area is 808 Å². The predicted octanol–water partition coefficient (Wildman–Crippen LogP) is 16.3. The van der Waals surface area contributed by atoms with Gasteiger partial charge in [-0.2, -0.15) is 0 Å². The fraction of sp³-hybridized carbons (Fsp3) is 0.663. The highest BCUT2D eigenvalue weighted by molar-refractivity contribution is 8.44. The summed E-state index contributed by atoms with van der Waals surface area (Å²) in [5.41, 5.74) is 0.120. The molecule has 0 saturated carbocycles. The molecule has 0 radical (unpaired) electrons. The summed E-state index contributed by atoms with van der Waals surface area (Å²) in [5, 5.41) is 24.2. The van der Waals surface area contributed by atoms with Gasteiger partial charge in [-0.15, -0.1) is 0 Å². The Hall–Kier alpha value is -8.15. The molecule has 3 unspecified atom stereocenters. The number of esters is 2. The number of ether oxygens (including phenoxy) is 5. The van der Waals surface area contributed by atoms with Crippen LogP contribution in [0.1, 0.15) is 293 Å². The van der Waals surface area contributed by atoms with Crippen molar-refractivity contribution in [2.45, 2.75) is 340 Å². The number of carbonyl (C=O) groups excluding carboxylic acids is 8. The number of aromatic amines is 1. The number of benzene rings is 2. The lowest BCUT2D eigenvalue weighted by atomic mass is 10.0. The largest absolute Gasteiger partial charge is 0.472 e. The van der Waals surface area contributed by atoms with Gasteiger partial charge in [-0.25, -0.2) is 42.6 Å². The molecule has 45 heteroatoms. The van der Waals surface area contributed by atoms with E-state index in [1.807, 2.05) is 0 Å². The average Bonchev–Trinajstić information content (AvgIpc) is 1.60. The Morgan fingerprint density at radius 1 is 0.664 bits per heavy atom. The maximum atomic E-state index is 17.0. The van der Waals surface area contributed by atoms with Gasteiger partial charge in [0.25, 0.3) is 11.5 Å². The van der Waals surface area contributed by atoms with E-state index < -0.39 is 185 Å². The summed E-state index contributed by atoms with van der Waals surface area (Å²) in [4.78, 5) is 161. The number of rotatable bonds is 60. The molecule has 6 amide bonds. The molecule has 2 bridgehead atoms. The van der Waals surface area contributed by atoms with Crippen LogP contribution in [0.4, 0.5) is 25.1 Å². The van der Waals surface area contributed by atoms with Crippen LogP contribution in [0.25, 0.3) is 22.2 Å². The topological polar surface area (TPSA) is 491 Å². The number of unbranched alkanes of at least 4 members (excludes halogenated alkanes) is 28. The number of carbonyl (C=O) groups is 8. The molecule has 14 atom stereocenters. The van der Waals surface area contributed by atoms with Crippen LogP contribution >= 0.6 is 33.6 Å². The van der Waals surface area contributed by atoms with Gasteiger partial charge in [0.05, 0.1) is 39.1 Å². The molecule has 137 heavy (non-hydrogen) atoms. The van der Waals surface area contributed by atoms with Crippen molar-refractivity contribution in [1.82, 2.24) is 54.9 Å². The highest BCUT2D eigenvalue weighted by Crippen LogP contribution is 2.59. The second-order valence-corrected chi connectivity index (χ2v) is 42.4. The maximum Gasteiger partial charge on any atom is 0.472 e. The molecule has 7 heterocycles. The van der Waals surface area contributed by atoms with E-state index in [4.69, 9.17) is 62.6 Å². The smallest absolute Gasteiger partial charge is 0.462 e. The number of aliphatic hydroxyl groups excluding tert-OH is 1. The third-order valence-corrected chi connectivity index (χ3v) is 27.9. The molecule has 9 N–H and O–H groups in total. The van der Waals surface area contributed by atoms with Gasteiger partial charge in [-0.05, 0) is 73.2 Å². The molecule has 0 spiro atoms. The van der Waals surface area contributed by atoms with Crippen molar-refractivity contribution in [2.75, 3.05) is 57.3 Å². The number of imidazole rings is 1. The highest BCUT2D eigenvalue weighted by Gasteiger charge is 2.54. The number of thiol groups is 1. The average molecular weight is 2020 g/mol. The van der Waals surface area contributed by atoms with Crippen molar-refractivity contribution in [2.24, 2.45) is 5.92 Å². The van der Waals surface area contributed by atoms with Gasteiger partial charge in [0.1, 0.15) is 67.5 Å². The molecule has 2 aromatic carbocycles. The molecule has 3 fully saturated rings. The van der Waals surface area contributed by atoms with Gasteiger partial charge in [0.2, 0.25) is 23.6 Å².